The van der Waals surface area contributed by atoms with Gasteiger partial charge in [-0.25, -0.2) is 4.39 Å². The van der Waals surface area contributed by atoms with Gasteiger partial charge >= 0.3 is 0 Å². The molecule has 1 aromatic rings. The number of hydrogen-bond acceptors (Lipinski definition) is 3. The van der Waals surface area contributed by atoms with Crippen LogP contribution in [-0.4, -0.2) is 35.2 Å². The third kappa shape index (κ3) is 1.80. The van der Waals surface area contributed by atoms with Gasteiger partial charge in [0.2, 0.25) is 0 Å². The molecule has 2 aliphatic heterocycles. The lowest BCUT2D eigenvalue weighted by Gasteiger charge is -2.38. The predicted molar refractivity (Wildman–Crippen MR) is 66.0 cm³/mol. The number of aliphatic hydroxyl groups excluding tert-OH is 1. The molecule has 0 saturated carbocycles. The van der Waals surface area contributed by atoms with E-state index < -0.39 is 6.10 Å². The Morgan fingerprint density at radius 2 is 2.22 bits per heavy atom. The number of nitrogens with zero attached hydrogens (tertiary/aromatic N) is 1. The third-order valence-electron chi connectivity index (χ3n) is 4.18. The molecule has 3 nitrogen and oxygen atoms in total. The van der Waals surface area contributed by atoms with Crippen molar-refractivity contribution in [3.63, 3.8) is 0 Å². The highest BCUT2D eigenvalue weighted by Crippen LogP contribution is 2.44. The van der Waals surface area contributed by atoms with Crippen molar-refractivity contribution >= 4 is 0 Å². The van der Waals surface area contributed by atoms with E-state index in [-0.39, 0.29) is 11.4 Å². The molecule has 0 amide bonds. The van der Waals surface area contributed by atoms with Gasteiger partial charge in [0, 0.05) is 31.0 Å². The summed E-state index contributed by atoms with van der Waals surface area (Å²) in [5.41, 5.74) is 0.251. The van der Waals surface area contributed by atoms with Crippen molar-refractivity contribution in [2.45, 2.75) is 37.5 Å². The Kier molecular flexibility index (Phi) is 2.61. The molecule has 0 bridgehead atoms. The topological polar surface area (TPSA) is 32.7 Å². The summed E-state index contributed by atoms with van der Waals surface area (Å²) in [5.74, 6) is 0.293. The Morgan fingerprint density at radius 1 is 1.44 bits per heavy atom. The molecular weight excluding hydrogens is 233 g/mol. The van der Waals surface area contributed by atoms with Crippen molar-refractivity contribution in [2.75, 3.05) is 13.6 Å². The second kappa shape index (κ2) is 3.93. The van der Waals surface area contributed by atoms with E-state index in [2.05, 4.69) is 18.9 Å². The molecule has 1 spiro atoms. The fourth-order valence-electron chi connectivity index (χ4n) is 3.20. The molecule has 2 unspecified atom stereocenters. The summed E-state index contributed by atoms with van der Waals surface area (Å²) in [7, 11) is 2.06. The van der Waals surface area contributed by atoms with Crippen molar-refractivity contribution in [1.29, 1.82) is 0 Å². The van der Waals surface area contributed by atoms with Crippen LogP contribution in [0.1, 0.15) is 31.4 Å². The first kappa shape index (κ1) is 11.9. The van der Waals surface area contributed by atoms with Gasteiger partial charge in [0.05, 0.1) is 6.10 Å². The first-order valence-corrected chi connectivity index (χ1v) is 6.36. The molecule has 98 valence electrons. The molecule has 1 saturated heterocycles. The van der Waals surface area contributed by atoms with Crippen molar-refractivity contribution in [3.8, 4) is 5.75 Å². The molecule has 0 aromatic heterocycles. The lowest BCUT2D eigenvalue weighted by Crippen LogP contribution is -2.43. The molecule has 3 rings (SSSR count). The number of benzene rings is 1. The Bertz CT molecular complexity index is 467. The first-order valence-electron chi connectivity index (χ1n) is 6.36. The zero-order valence-corrected chi connectivity index (χ0v) is 10.7. The van der Waals surface area contributed by atoms with Crippen LogP contribution in [0.15, 0.2) is 18.2 Å². The van der Waals surface area contributed by atoms with Crippen molar-refractivity contribution in [1.82, 2.24) is 4.90 Å². The Hall–Kier alpha value is -1.13. The van der Waals surface area contributed by atoms with Crippen LogP contribution in [-0.2, 0) is 0 Å². The monoisotopic (exact) mass is 251 g/mol. The van der Waals surface area contributed by atoms with Gasteiger partial charge in [-0.3, -0.25) is 4.90 Å². The van der Waals surface area contributed by atoms with Gasteiger partial charge in [-0.1, -0.05) is 0 Å². The third-order valence-corrected chi connectivity index (χ3v) is 4.18. The highest BCUT2D eigenvalue weighted by molar-refractivity contribution is 5.39. The van der Waals surface area contributed by atoms with Crippen molar-refractivity contribution in [2.24, 2.45) is 0 Å². The maximum absolute atomic E-state index is 13.2. The SMILES string of the molecule is CC1CC2(C[C@H](O)c3cc(F)ccc3O2)CN1C. The molecule has 2 heterocycles. The number of rotatable bonds is 0. The van der Waals surface area contributed by atoms with E-state index >= 15 is 0 Å². The summed E-state index contributed by atoms with van der Waals surface area (Å²) in [5, 5.41) is 10.2. The number of likely N-dealkylation sites (N-methyl/N-ethyl adjacent to an activating group) is 1. The fourth-order valence-corrected chi connectivity index (χ4v) is 3.20. The van der Waals surface area contributed by atoms with Crippen LogP contribution in [0.3, 0.4) is 0 Å². The molecule has 0 aliphatic carbocycles. The average Bonchev–Trinajstić information content (AvgIpc) is 2.55. The second-order valence-corrected chi connectivity index (χ2v) is 5.66. The Morgan fingerprint density at radius 3 is 2.89 bits per heavy atom. The predicted octanol–water partition coefficient (Wildman–Crippen LogP) is 2.10. The molecule has 1 aromatic carbocycles. The number of hydrogen-bond donors (Lipinski definition) is 1. The minimum atomic E-state index is -0.636. The van der Waals surface area contributed by atoms with Crippen LogP contribution in [0.25, 0.3) is 0 Å². The Labute approximate surface area is 106 Å². The summed E-state index contributed by atoms with van der Waals surface area (Å²) >= 11 is 0. The molecular formula is C14H18FNO2. The first-order chi connectivity index (χ1) is 8.49. The molecule has 18 heavy (non-hydrogen) atoms. The largest absolute Gasteiger partial charge is 0.485 e. The van der Waals surface area contributed by atoms with E-state index in [4.69, 9.17) is 4.74 Å². The zero-order valence-electron chi connectivity index (χ0n) is 10.7. The minimum absolute atomic E-state index is 0.321. The number of aliphatic hydroxyl groups is 1. The van der Waals surface area contributed by atoms with Crippen molar-refractivity contribution < 1.29 is 14.2 Å². The van der Waals surface area contributed by atoms with E-state index in [1.807, 2.05) is 0 Å². The summed E-state index contributed by atoms with van der Waals surface area (Å²) in [6.45, 7) is 2.96. The van der Waals surface area contributed by atoms with Crippen LogP contribution in [0.2, 0.25) is 0 Å². The molecule has 4 heteroatoms. The van der Waals surface area contributed by atoms with Crippen LogP contribution in [0.4, 0.5) is 4.39 Å². The van der Waals surface area contributed by atoms with Gasteiger partial charge in [0.1, 0.15) is 17.2 Å². The minimum Gasteiger partial charge on any atom is -0.485 e. The van der Waals surface area contributed by atoms with E-state index in [0.29, 0.717) is 23.8 Å². The summed E-state index contributed by atoms with van der Waals surface area (Å²) < 4.78 is 19.3. The van der Waals surface area contributed by atoms with E-state index in [9.17, 15) is 9.50 Å². The van der Waals surface area contributed by atoms with Gasteiger partial charge in [0.25, 0.3) is 0 Å². The number of ether oxygens (including phenoxy) is 1. The zero-order chi connectivity index (χ0) is 12.9. The lowest BCUT2D eigenvalue weighted by molar-refractivity contribution is -0.00633. The second-order valence-electron chi connectivity index (χ2n) is 5.66. The number of fused-ring (bicyclic) bond motifs is 1. The van der Waals surface area contributed by atoms with E-state index in [0.717, 1.165) is 13.0 Å². The van der Waals surface area contributed by atoms with Gasteiger partial charge in [-0.15, -0.1) is 0 Å². The Balaban J connectivity index is 1.95. The van der Waals surface area contributed by atoms with Crippen LogP contribution in [0.5, 0.6) is 5.75 Å². The van der Waals surface area contributed by atoms with Crippen LogP contribution >= 0.6 is 0 Å². The van der Waals surface area contributed by atoms with Gasteiger partial charge in [-0.2, -0.15) is 0 Å². The summed E-state index contributed by atoms with van der Waals surface area (Å²) in [6, 6.07) is 4.82. The maximum Gasteiger partial charge on any atom is 0.126 e. The standard InChI is InChI=1S/C14H18FNO2/c1-9-6-14(8-16(9)2)7-12(17)11-5-10(15)3-4-13(11)18-14/h3-5,9,12,17H,6-8H2,1-2H3/t9?,12-,14?/m0/s1. The normalized spacial score (nSPS) is 35.6. The number of likely N-dealkylation sites (tertiary alicyclic amines) is 1. The van der Waals surface area contributed by atoms with Crippen LogP contribution in [0, 0.1) is 5.82 Å². The van der Waals surface area contributed by atoms with Gasteiger partial charge in [0.15, 0.2) is 0 Å². The average molecular weight is 251 g/mol. The smallest absolute Gasteiger partial charge is 0.126 e. The molecule has 3 atom stereocenters. The summed E-state index contributed by atoms with van der Waals surface area (Å²) in [4.78, 5) is 2.24. The molecule has 1 fully saturated rings. The van der Waals surface area contributed by atoms with Gasteiger partial charge < -0.3 is 9.84 Å². The van der Waals surface area contributed by atoms with E-state index in [1.54, 1.807) is 6.07 Å². The molecule has 0 radical (unpaired) electrons. The highest BCUT2D eigenvalue weighted by Gasteiger charge is 2.47. The van der Waals surface area contributed by atoms with E-state index in [1.165, 1.54) is 12.1 Å². The van der Waals surface area contributed by atoms with Crippen molar-refractivity contribution in [3.05, 3.63) is 29.6 Å². The van der Waals surface area contributed by atoms with Gasteiger partial charge in [-0.05, 0) is 32.2 Å². The maximum atomic E-state index is 13.2. The number of halogens is 1. The lowest BCUT2D eigenvalue weighted by atomic mass is 9.87. The molecule has 1 N–H and O–H groups in total. The molecule has 2 aliphatic rings. The quantitative estimate of drug-likeness (QED) is 0.766. The summed E-state index contributed by atoms with van der Waals surface area (Å²) in [6.07, 6.45) is 0.804. The fraction of sp³-hybridized carbons (Fsp3) is 0.571. The van der Waals surface area contributed by atoms with Crippen LogP contribution < -0.4 is 4.74 Å². The highest BCUT2D eigenvalue weighted by atomic mass is 19.1.